The molecule has 2 rings (SSSR count). The molecule has 0 aromatic carbocycles. The van der Waals surface area contributed by atoms with Gasteiger partial charge < -0.3 is 9.30 Å². The molecule has 1 heterocycles. The molecule has 1 aliphatic carbocycles. The number of hydrogen-bond donors (Lipinski definition) is 0. The Morgan fingerprint density at radius 1 is 1.32 bits per heavy atom. The summed E-state index contributed by atoms with van der Waals surface area (Å²) in [6, 6.07) is 0.382. The van der Waals surface area contributed by atoms with Gasteiger partial charge in [0.15, 0.2) is 0 Å². The van der Waals surface area contributed by atoms with E-state index >= 15 is 0 Å². The van der Waals surface area contributed by atoms with Gasteiger partial charge in [-0.1, -0.05) is 19.3 Å². The summed E-state index contributed by atoms with van der Waals surface area (Å²) in [5.41, 5.74) is 0.926. The van der Waals surface area contributed by atoms with E-state index in [0.29, 0.717) is 25.7 Å². The number of ether oxygens (including phenoxy) is 1. The van der Waals surface area contributed by atoms with Crippen molar-refractivity contribution >= 4 is 9.84 Å². The zero-order valence-electron chi connectivity index (χ0n) is 16.1. The molecular formula is C18H33N3O3S. The molecule has 0 N–H and O–H groups in total. The highest BCUT2D eigenvalue weighted by Gasteiger charge is 2.28. The van der Waals surface area contributed by atoms with Crippen molar-refractivity contribution in [2.45, 2.75) is 70.2 Å². The molecule has 1 saturated carbocycles. The number of rotatable bonds is 9. The molecule has 0 bridgehead atoms. The van der Waals surface area contributed by atoms with Crippen LogP contribution in [0, 0.1) is 5.92 Å². The fraction of sp³-hybridized carbons (Fsp3) is 0.833. The van der Waals surface area contributed by atoms with Gasteiger partial charge in [-0.05, 0) is 39.7 Å². The number of nitrogens with zero attached hydrogens (tertiary/aromatic N) is 3. The zero-order chi connectivity index (χ0) is 18.4. The van der Waals surface area contributed by atoms with Crippen LogP contribution >= 0.6 is 0 Å². The molecule has 1 aliphatic rings. The Kier molecular flexibility index (Phi) is 7.46. The van der Waals surface area contributed by atoms with Gasteiger partial charge in [0.2, 0.25) is 15.0 Å². The van der Waals surface area contributed by atoms with Gasteiger partial charge in [0.25, 0.3) is 0 Å². The Labute approximate surface area is 152 Å². The van der Waals surface area contributed by atoms with E-state index in [9.17, 15) is 8.42 Å². The SMILES string of the molecule is COCCn1c(CN(C)C(C)C)cnc1S(=O)(=O)CC1CCCCC1. The smallest absolute Gasteiger partial charge is 0.227 e. The molecule has 0 amide bonds. The molecule has 25 heavy (non-hydrogen) atoms. The van der Waals surface area contributed by atoms with Crippen LogP contribution in [0.2, 0.25) is 0 Å². The highest BCUT2D eigenvalue weighted by Crippen LogP contribution is 2.27. The average Bonchev–Trinajstić information content (AvgIpc) is 2.96. The molecule has 0 aliphatic heterocycles. The fourth-order valence-corrected chi connectivity index (χ4v) is 5.23. The monoisotopic (exact) mass is 371 g/mol. The third kappa shape index (κ3) is 5.53. The van der Waals surface area contributed by atoms with Crippen molar-refractivity contribution in [1.82, 2.24) is 14.5 Å². The first-order chi connectivity index (χ1) is 11.8. The summed E-state index contributed by atoms with van der Waals surface area (Å²) in [5, 5.41) is 0.210. The van der Waals surface area contributed by atoms with Gasteiger partial charge in [0.05, 0.1) is 24.3 Å². The predicted molar refractivity (Wildman–Crippen MR) is 99.3 cm³/mol. The lowest BCUT2D eigenvalue weighted by Crippen LogP contribution is -2.28. The topological polar surface area (TPSA) is 64.4 Å². The minimum Gasteiger partial charge on any atom is -0.383 e. The van der Waals surface area contributed by atoms with Gasteiger partial charge in [0.1, 0.15) is 0 Å². The minimum atomic E-state index is -3.38. The molecule has 0 radical (unpaired) electrons. The summed E-state index contributed by atoms with van der Waals surface area (Å²) in [6.07, 6.45) is 7.25. The van der Waals surface area contributed by atoms with Crippen LogP contribution in [0.1, 0.15) is 51.6 Å². The third-order valence-corrected chi connectivity index (χ3v) is 6.96. The van der Waals surface area contributed by atoms with E-state index in [1.54, 1.807) is 13.3 Å². The standard InChI is InChI=1S/C18H33N3O3S/c1-15(2)20(3)13-17-12-19-18(21(17)10-11-24-4)25(22,23)14-16-8-6-5-7-9-16/h12,15-16H,5-11,13-14H2,1-4H3. The van der Waals surface area contributed by atoms with E-state index in [-0.39, 0.29) is 16.8 Å². The number of methoxy groups -OCH3 is 1. The van der Waals surface area contributed by atoms with Crippen LogP contribution in [-0.2, 0) is 27.7 Å². The van der Waals surface area contributed by atoms with Crippen LogP contribution in [0.4, 0.5) is 0 Å². The molecule has 0 spiro atoms. The van der Waals surface area contributed by atoms with E-state index in [0.717, 1.165) is 31.4 Å². The summed E-state index contributed by atoms with van der Waals surface area (Å²) >= 11 is 0. The van der Waals surface area contributed by atoms with Gasteiger partial charge in [-0.3, -0.25) is 4.90 Å². The molecule has 1 aromatic rings. The first kappa shape index (κ1) is 20.4. The average molecular weight is 372 g/mol. The second-order valence-corrected chi connectivity index (χ2v) is 9.40. The number of imidazole rings is 1. The Hall–Kier alpha value is -0.920. The van der Waals surface area contributed by atoms with Gasteiger partial charge in [-0.25, -0.2) is 13.4 Å². The van der Waals surface area contributed by atoms with Crippen molar-refractivity contribution in [3.63, 3.8) is 0 Å². The highest BCUT2D eigenvalue weighted by molar-refractivity contribution is 7.91. The van der Waals surface area contributed by atoms with Crippen LogP contribution in [0.5, 0.6) is 0 Å². The molecule has 0 unspecified atom stereocenters. The Balaban J connectivity index is 2.23. The van der Waals surface area contributed by atoms with Crippen molar-refractivity contribution in [3.8, 4) is 0 Å². The number of sulfone groups is 1. The van der Waals surface area contributed by atoms with Gasteiger partial charge >= 0.3 is 0 Å². The van der Waals surface area contributed by atoms with Crippen molar-refractivity contribution in [2.75, 3.05) is 26.5 Å². The van der Waals surface area contributed by atoms with E-state index in [4.69, 9.17) is 4.74 Å². The van der Waals surface area contributed by atoms with E-state index in [2.05, 4.69) is 23.7 Å². The number of aromatic nitrogens is 2. The van der Waals surface area contributed by atoms with Crippen LogP contribution in [-0.4, -0.2) is 55.4 Å². The van der Waals surface area contributed by atoms with Crippen LogP contribution < -0.4 is 0 Å². The molecule has 0 saturated heterocycles. The minimum absolute atomic E-state index is 0.210. The van der Waals surface area contributed by atoms with Gasteiger partial charge in [-0.15, -0.1) is 0 Å². The maximum absolute atomic E-state index is 13.0. The lowest BCUT2D eigenvalue weighted by Gasteiger charge is -2.23. The molecule has 0 atom stereocenters. The molecule has 144 valence electrons. The summed E-state index contributed by atoms with van der Waals surface area (Å²) < 4.78 is 33.0. The largest absolute Gasteiger partial charge is 0.383 e. The fourth-order valence-electron chi connectivity index (χ4n) is 3.36. The van der Waals surface area contributed by atoms with E-state index in [1.165, 1.54) is 6.42 Å². The highest BCUT2D eigenvalue weighted by atomic mass is 32.2. The summed E-state index contributed by atoms with van der Waals surface area (Å²) in [4.78, 5) is 6.49. The Morgan fingerprint density at radius 3 is 2.60 bits per heavy atom. The summed E-state index contributed by atoms with van der Waals surface area (Å²) in [5.74, 6) is 0.490. The van der Waals surface area contributed by atoms with Crippen molar-refractivity contribution in [1.29, 1.82) is 0 Å². The molecule has 1 fully saturated rings. The first-order valence-electron chi connectivity index (χ1n) is 9.31. The molecule has 1 aromatic heterocycles. The summed E-state index contributed by atoms with van der Waals surface area (Å²) in [7, 11) is 0.290. The van der Waals surface area contributed by atoms with Crippen LogP contribution in [0.15, 0.2) is 11.4 Å². The third-order valence-electron chi connectivity index (χ3n) is 5.17. The quantitative estimate of drug-likeness (QED) is 0.668. The normalized spacial score (nSPS) is 16.9. The first-order valence-corrected chi connectivity index (χ1v) is 11.0. The molecule has 7 heteroatoms. The van der Waals surface area contributed by atoms with Crippen LogP contribution in [0.25, 0.3) is 0 Å². The van der Waals surface area contributed by atoms with Crippen LogP contribution in [0.3, 0.4) is 0 Å². The number of hydrogen-bond acceptors (Lipinski definition) is 5. The van der Waals surface area contributed by atoms with Crippen molar-refractivity contribution < 1.29 is 13.2 Å². The maximum atomic E-state index is 13.0. The molecular weight excluding hydrogens is 338 g/mol. The Morgan fingerprint density at radius 2 is 2.00 bits per heavy atom. The maximum Gasteiger partial charge on any atom is 0.227 e. The van der Waals surface area contributed by atoms with Crippen molar-refractivity contribution in [3.05, 3.63) is 11.9 Å². The lowest BCUT2D eigenvalue weighted by atomic mass is 9.91. The van der Waals surface area contributed by atoms with E-state index in [1.807, 2.05) is 11.6 Å². The second kappa shape index (κ2) is 9.14. The van der Waals surface area contributed by atoms with Gasteiger partial charge in [0, 0.05) is 26.2 Å². The predicted octanol–water partition coefficient (Wildman–Crippen LogP) is 2.72. The molecule has 6 nitrogen and oxygen atoms in total. The lowest BCUT2D eigenvalue weighted by molar-refractivity contribution is 0.181. The zero-order valence-corrected chi connectivity index (χ0v) is 16.9. The van der Waals surface area contributed by atoms with Crippen molar-refractivity contribution in [2.24, 2.45) is 5.92 Å². The Bertz CT molecular complexity index is 634. The van der Waals surface area contributed by atoms with E-state index < -0.39 is 9.84 Å². The van der Waals surface area contributed by atoms with Gasteiger partial charge in [-0.2, -0.15) is 0 Å². The summed E-state index contributed by atoms with van der Waals surface area (Å²) in [6.45, 7) is 5.90. The second-order valence-electron chi connectivity index (χ2n) is 7.47.